The Morgan fingerprint density at radius 1 is 0.950 bits per heavy atom. The van der Waals surface area contributed by atoms with Crippen LogP contribution in [0.4, 0.5) is 0 Å². The molecule has 3 rings (SSSR count). The van der Waals surface area contributed by atoms with E-state index in [1.54, 1.807) is 0 Å². The predicted octanol–water partition coefficient (Wildman–Crippen LogP) is 4.59. The fourth-order valence-electron chi connectivity index (χ4n) is 2.57. The maximum Gasteiger partial charge on any atom is 0.228 e. The molecule has 0 N–H and O–H groups in total. The molecule has 0 saturated heterocycles. The minimum atomic E-state index is -0.0626. The third-order valence-electron chi connectivity index (χ3n) is 3.45. The van der Waals surface area contributed by atoms with E-state index in [1.165, 1.54) is 0 Å². The zero-order chi connectivity index (χ0) is 14.3. The van der Waals surface area contributed by atoms with Crippen LogP contribution >= 0.6 is 0 Å². The fourth-order valence-corrected chi connectivity index (χ4v) is 2.57. The van der Waals surface area contributed by atoms with Crippen LogP contribution in [0.2, 0.25) is 0 Å². The second-order valence-corrected chi connectivity index (χ2v) is 5.31. The van der Waals surface area contributed by atoms with Crippen LogP contribution in [0.1, 0.15) is 32.8 Å². The molecule has 1 aromatic heterocycles. The summed E-state index contributed by atoms with van der Waals surface area (Å²) >= 11 is 0. The topological polar surface area (TPSA) is 30.2 Å². The van der Waals surface area contributed by atoms with Gasteiger partial charge in [0.15, 0.2) is 5.76 Å². The molecule has 0 aliphatic rings. The van der Waals surface area contributed by atoms with Gasteiger partial charge in [-0.15, -0.1) is 0 Å². The van der Waals surface area contributed by atoms with Crippen LogP contribution in [0.5, 0.6) is 0 Å². The molecule has 0 saturated carbocycles. The Hall–Kier alpha value is -2.35. The summed E-state index contributed by atoms with van der Waals surface area (Å²) in [6.45, 7) is 5.97. The van der Waals surface area contributed by atoms with Crippen molar-refractivity contribution in [3.63, 3.8) is 0 Å². The van der Waals surface area contributed by atoms with Gasteiger partial charge in [-0.2, -0.15) is 0 Å². The molecule has 0 amide bonds. The molecule has 0 unspecified atom stereocenters. The highest BCUT2D eigenvalue weighted by Crippen LogP contribution is 2.24. The van der Waals surface area contributed by atoms with Gasteiger partial charge in [0.1, 0.15) is 5.58 Å². The Balaban J connectivity index is 2.10. The largest absolute Gasteiger partial charge is 0.452 e. The smallest absolute Gasteiger partial charge is 0.228 e. The highest BCUT2D eigenvalue weighted by Gasteiger charge is 2.15. The van der Waals surface area contributed by atoms with E-state index >= 15 is 0 Å². The molecule has 0 aliphatic carbocycles. The van der Waals surface area contributed by atoms with E-state index in [0.29, 0.717) is 11.3 Å². The van der Waals surface area contributed by atoms with Crippen LogP contribution in [-0.2, 0) is 0 Å². The average Bonchev–Trinajstić information content (AvgIpc) is 2.82. The van der Waals surface area contributed by atoms with Crippen molar-refractivity contribution in [3.8, 4) is 0 Å². The summed E-state index contributed by atoms with van der Waals surface area (Å²) in [6.07, 6.45) is 0. The average molecular weight is 264 g/mol. The lowest BCUT2D eigenvalue weighted by Crippen LogP contribution is -2.00. The number of furan rings is 1. The second-order valence-electron chi connectivity index (χ2n) is 5.31. The van der Waals surface area contributed by atoms with Gasteiger partial charge >= 0.3 is 0 Å². The van der Waals surface area contributed by atoms with Crippen LogP contribution in [0.3, 0.4) is 0 Å². The first-order chi connectivity index (χ1) is 9.54. The van der Waals surface area contributed by atoms with Crippen molar-refractivity contribution in [2.24, 2.45) is 0 Å². The van der Waals surface area contributed by atoms with Crippen molar-refractivity contribution in [3.05, 3.63) is 70.5 Å². The third kappa shape index (κ3) is 2.14. The zero-order valence-electron chi connectivity index (χ0n) is 11.9. The van der Waals surface area contributed by atoms with Crippen molar-refractivity contribution < 1.29 is 9.21 Å². The van der Waals surface area contributed by atoms with Gasteiger partial charge in [-0.3, -0.25) is 4.79 Å². The van der Waals surface area contributed by atoms with Crippen LogP contribution in [-0.4, -0.2) is 5.78 Å². The lowest BCUT2D eigenvalue weighted by Gasteiger charge is -2.02. The number of carbonyl (C=O) groups is 1. The number of aryl methyl sites for hydroxylation is 3. The van der Waals surface area contributed by atoms with E-state index in [9.17, 15) is 4.79 Å². The van der Waals surface area contributed by atoms with E-state index < -0.39 is 0 Å². The fraction of sp³-hybridized carbons (Fsp3) is 0.167. The quantitative estimate of drug-likeness (QED) is 0.634. The summed E-state index contributed by atoms with van der Waals surface area (Å²) in [5.74, 6) is 0.340. The van der Waals surface area contributed by atoms with Gasteiger partial charge in [0.2, 0.25) is 5.78 Å². The van der Waals surface area contributed by atoms with Gasteiger partial charge in [-0.05, 0) is 44.5 Å². The third-order valence-corrected chi connectivity index (χ3v) is 3.45. The van der Waals surface area contributed by atoms with E-state index in [2.05, 4.69) is 6.07 Å². The summed E-state index contributed by atoms with van der Waals surface area (Å²) in [5.41, 5.74) is 4.68. The molecule has 0 radical (unpaired) electrons. The first-order valence-corrected chi connectivity index (χ1v) is 6.67. The van der Waals surface area contributed by atoms with Crippen LogP contribution in [0, 0.1) is 20.8 Å². The molecule has 0 bridgehead atoms. The van der Waals surface area contributed by atoms with Crippen molar-refractivity contribution in [2.45, 2.75) is 20.8 Å². The Kier molecular flexibility index (Phi) is 2.94. The standard InChI is InChI=1S/C18H16O2/c1-11-7-12(2)9-15(8-11)17(19)16-10-14-6-4-5-13(3)18(14)20-16/h4-10H,1-3H3. The lowest BCUT2D eigenvalue weighted by atomic mass is 10.0. The molecule has 2 aromatic carbocycles. The number of rotatable bonds is 2. The molecule has 2 heteroatoms. The Labute approximate surface area is 118 Å². The monoisotopic (exact) mass is 264 g/mol. The minimum absolute atomic E-state index is 0.0626. The maximum atomic E-state index is 12.5. The molecule has 100 valence electrons. The van der Waals surface area contributed by atoms with Crippen molar-refractivity contribution in [1.29, 1.82) is 0 Å². The molecule has 0 atom stereocenters. The van der Waals surface area contributed by atoms with E-state index in [1.807, 2.05) is 57.2 Å². The normalized spacial score (nSPS) is 10.9. The molecule has 0 aliphatic heterocycles. The molecule has 1 heterocycles. The predicted molar refractivity (Wildman–Crippen MR) is 80.3 cm³/mol. The minimum Gasteiger partial charge on any atom is -0.452 e. The highest BCUT2D eigenvalue weighted by atomic mass is 16.3. The summed E-state index contributed by atoms with van der Waals surface area (Å²) in [7, 11) is 0. The number of hydrogen-bond acceptors (Lipinski definition) is 2. The Bertz CT molecular complexity index is 789. The number of para-hydroxylation sites is 1. The van der Waals surface area contributed by atoms with Gasteiger partial charge in [-0.25, -0.2) is 0 Å². The van der Waals surface area contributed by atoms with E-state index in [-0.39, 0.29) is 5.78 Å². The summed E-state index contributed by atoms with van der Waals surface area (Å²) in [5, 5.41) is 0.970. The zero-order valence-corrected chi connectivity index (χ0v) is 11.9. The Morgan fingerprint density at radius 3 is 2.30 bits per heavy atom. The number of ketones is 1. The highest BCUT2D eigenvalue weighted by molar-refractivity contribution is 6.09. The number of fused-ring (bicyclic) bond motifs is 1. The van der Waals surface area contributed by atoms with Gasteiger partial charge in [0, 0.05) is 10.9 Å². The van der Waals surface area contributed by atoms with Crippen LogP contribution in [0.15, 0.2) is 46.9 Å². The first kappa shape index (κ1) is 12.7. The molecular formula is C18H16O2. The summed E-state index contributed by atoms with van der Waals surface area (Å²) in [4.78, 5) is 12.5. The molecule has 20 heavy (non-hydrogen) atoms. The van der Waals surface area contributed by atoms with Gasteiger partial charge < -0.3 is 4.42 Å². The molecule has 2 nitrogen and oxygen atoms in total. The SMILES string of the molecule is Cc1cc(C)cc(C(=O)c2cc3cccc(C)c3o2)c1. The van der Waals surface area contributed by atoms with Gasteiger partial charge in [-0.1, -0.05) is 35.4 Å². The summed E-state index contributed by atoms with van der Waals surface area (Å²) < 4.78 is 5.75. The second kappa shape index (κ2) is 4.64. The number of carbonyl (C=O) groups excluding carboxylic acids is 1. The molecule has 0 spiro atoms. The van der Waals surface area contributed by atoms with Gasteiger partial charge in [0.25, 0.3) is 0 Å². The molecule has 0 fully saturated rings. The van der Waals surface area contributed by atoms with E-state index in [0.717, 1.165) is 27.7 Å². The molecule has 3 aromatic rings. The van der Waals surface area contributed by atoms with Crippen LogP contribution in [0.25, 0.3) is 11.0 Å². The van der Waals surface area contributed by atoms with Crippen LogP contribution < -0.4 is 0 Å². The lowest BCUT2D eigenvalue weighted by molar-refractivity contribution is 0.101. The van der Waals surface area contributed by atoms with Crippen molar-refractivity contribution in [2.75, 3.05) is 0 Å². The number of hydrogen-bond donors (Lipinski definition) is 0. The van der Waals surface area contributed by atoms with Crippen molar-refractivity contribution >= 4 is 16.8 Å². The van der Waals surface area contributed by atoms with Crippen molar-refractivity contribution in [1.82, 2.24) is 0 Å². The maximum absolute atomic E-state index is 12.5. The van der Waals surface area contributed by atoms with E-state index in [4.69, 9.17) is 4.42 Å². The Morgan fingerprint density at radius 2 is 1.65 bits per heavy atom. The molecular weight excluding hydrogens is 248 g/mol. The number of benzene rings is 2. The first-order valence-electron chi connectivity index (χ1n) is 6.67. The van der Waals surface area contributed by atoms with Gasteiger partial charge in [0.05, 0.1) is 0 Å². The summed E-state index contributed by atoms with van der Waals surface area (Å²) in [6, 6.07) is 13.6.